The van der Waals surface area contributed by atoms with E-state index in [0.717, 1.165) is 18.5 Å². The Balaban J connectivity index is 2.22. The quantitative estimate of drug-likeness (QED) is 0.847. The van der Waals surface area contributed by atoms with Gasteiger partial charge >= 0.3 is 0 Å². The van der Waals surface area contributed by atoms with Crippen LogP contribution in [0.15, 0.2) is 29.1 Å². The molecule has 0 unspecified atom stereocenters. The summed E-state index contributed by atoms with van der Waals surface area (Å²) in [7, 11) is 0. The second-order valence-electron chi connectivity index (χ2n) is 5.48. The van der Waals surface area contributed by atoms with E-state index in [2.05, 4.69) is 20.0 Å². The molecular formula is C15H17F2N3O3. The SMILES string of the molecule is CC(C)[C@@H](O)CC(=O)N[C@H](c1ccc(F)c(F)c1)c1ncon1. The molecule has 124 valence electrons. The van der Waals surface area contributed by atoms with E-state index in [4.69, 9.17) is 0 Å². The maximum absolute atomic E-state index is 13.4. The van der Waals surface area contributed by atoms with E-state index in [0.29, 0.717) is 0 Å². The van der Waals surface area contributed by atoms with Crippen LogP contribution >= 0.6 is 0 Å². The van der Waals surface area contributed by atoms with Crippen molar-refractivity contribution >= 4 is 5.91 Å². The number of hydrogen-bond donors (Lipinski definition) is 2. The molecule has 23 heavy (non-hydrogen) atoms. The summed E-state index contributed by atoms with van der Waals surface area (Å²) in [6.07, 6.45) is 0.124. The minimum absolute atomic E-state index is 0.0901. The Hall–Kier alpha value is -2.35. The summed E-state index contributed by atoms with van der Waals surface area (Å²) in [5.74, 6) is -2.50. The molecule has 1 amide bonds. The topological polar surface area (TPSA) is 88.2 Å². The molecular weight excluding hydrogens is 308 g/mol. The Bertz CT molecular complexity index is 662. The van der Waals surface area contributed by atoms with Crippen molar-refractivity contribution in [3.05, 3.63) is 47.6 Å². The van der Waals surface area contributed by atoms with E-state index in [1.54, 1.807) is 13.8 Å². The summed E-state index contributed by atoms with van der Waals surface area (Å²) in [4.78, 5) is 15.9. The first-order valence-electron chi connectivity index (χ1n) is 7.07. The average molecular weight is 325 g/mol. The largest absolute Gasteiger partial charge is 0.392 e. The zero-order chi connectivity index (χ0) is 17.0. The first-order chi connectivity index (χ1) is 10.9. The molecule has 0 aliphatic carbocycles. The summed E-state index contributed by atoms with van der Waals surface area (Å²) in [6, 6.07) is 2.32. The predicted octanol–water partition coefficient (Wildman–Crippen LogP) is 1.96. The molecule has 1 aromatic carbocycles. The molecule has 0 radical (unpaired) electrons. The highest BCUT2D eigenvalue weighted by molar-refractivity contribution is 5.77. The van der Waals surface area contributed by atoms with E-state index in [9.17, 15) is 18.7 Å². The molecule has 0 fully saturated rings. The Morgan fingerprint density at radius 2 is 2.09 bits per heavy atom. The number of nitrogens with one attached hydrogen (secondary N) is 1. The van der Waals surface area contributed by atoms with Gasteiger partial charge in [-0.2, -0.15) is 4.98 Å². The zero-order valence-corrected chi connectivity index (χ0v) is 12.7. The second kappa shape index (κ2) is 7.28. The van der Waals surface area contributed by atoms with Crippen molar-refractivity contribution in [3.8, 4) is 0 Å². The number of carbonyl (C=O) groups excluding carboxylic acids is 1. The van der Waals surface area contributed by atoms with Gasteiger partial charge in [-0.15, -0.1) is 0 Å². The van der Waals surface area contributed by atoms with Crippen molar-refractivity contribution in [3.63, 3.8) is 0 Å². The standard InChI is InChI=1S/C15H17F2N3O3/c1-8(2)12(21)6-13(22)19-14(15-18-7-23-20-15)9-3-4-10(16)11(17)5-9/h3-5,7-8,12,14,21H,6H2,1-2H3,(H,19,22)/t12-,14+/m0/s1. The van der Waals surface area contributed by atoms with Gasteiger partial charge in [0.15, 0.2) is 17.5 Å². The lowest BCUT2D eigenvalue weighted by atomic mass is 10.0. The summed E-state index contributed by atoms with van der Waals surface area (Å²) >= 11 is 0. The number of nitrogens with zero attached hydrogens (tertiary/aromatic N) is 2. The monoisotopic (exact) mass is 325 g/mol. The first kappa shape index (κ1) is 17.0. The van der Waals surface area contributed by atoms with Crippen LogP contribution in [0, 0.1) is 17.6 Å². The van der Waals surface area contributed by atoms with Crippen molar-refractivity contribution in [2.75, 3.05) is 0 Å². The van der Waals surface area contributed by atoms with Crippen LogP contribution in [0.3, 0.4) is 0 Å². The minimum atomic E-state index is -1.05. The fraction of sp³-hybridized carbons (Fsp3) is 0.400. The van der Waals surface area contributed by atoms with Crippen molar-refractivity contribution in [2.24, 2.45) is 5.92 Å². The molecule has 0 aliphatic rings. The van der Waals surface area contributed by atoms with Gasteiger partial charge in [-0.3, -0.25) is 4.79 Å². The summed E-state index contributed by atoms with van der Waals surface area (Å²) in [6.45, 7) is 3.56. The highest BCUT2D eigenvalue weighted by atomic mass is 19.2. The van der Waals surface area contributed by atoms with Gasteiger partial charge in [-0.25, -0.2) is 8.78 Å². The van der Waals surface area contributed by atoms with Crippen molar-refractivity contribution in [1.82, 2.24) is 15.5 Å². The highest BCUT2D eigenvalue weighted by Crippen LogP contribution is 2.21. The Kier molecular flexibility index (Phi) is 5.38. The molecule has 0 aliphatic heterocycles. The zero-order valence-electron chi connectivity index (χ0n) is 12.7. The van der Waals surface area contributed by atoms with Crippen molar-refractivity contribution in [1.29, 1.82) is 0 Å². The molecule has 0 spiro atoms. The Morgan fingerprint density at radius 3 is 2.65 bits per heavy atom. The third-order valence-electron chi connectivity index (χ3n) is 3.38. The van der Waals surface area contributed by atoms with E-state index in [1.165, 1.54) is 6.07 Å². The first-order valence-corrected chi connectivity index (χ1v) is 7.07. The molecule has 1 aromatic heterocycles. The lowest BCUT2D eigenvalue weighted by Gasteiger charge is -2.19. The van der Waals surface area contributed by atoms with Crippen LogP contribution in [-0.2, 0) is 4.79 Å². The van der Waals surface area contributed by atoms with Crippen molar-refractivity contribution < 1.29 is 23.2 Å². The van der Waals surface area contributed by atoms with Gasteiger partial charge < -0.3 is 14.9 Å². The summed E-state index contributed by atoms with van der Waals surface area (Å²) in [5, 5.41) is 16.0. The van der Waals surface area contributed by atoms with Gasteiger partial charge in [0.05, 0.1) is 12.5 Å². The Morgan fingerprint density at radius 1 is 1.35 bits per heavy atom. The average Bonchev–Trinajstić information content (AvgIpc) is 3.01. The maximum atomic E-state index is 13.4. The molecule has 0 bridgehead atoms. The van der Waals surface area contributed by atoms with Gasteiger partial charge in [-0.05, 0) is 23.6 Å². The van der Waals surface area contributed by atoms with E-state index >= 15 is 0 Å². The van der Waals surface area contributed by atoms with Gasteiger partial charge in [0.2, 0.25) is 12.3 Å². The van der Waals surface area contributed by atoms with Crippen LogP contribution in [-0.4, -0.2) is 27.3 Å². The van der Waals surface area contributed by atoms with Crippen molar-refractivity contribution in [2.45, 2.75) is 32.4 Å². The molecule has 2 N–H and O–H groups in total. The molecule has 2 aromatic rings. The van der Waals surface area contributed by atoms with Crippen LogP contribution in [0.5, 0.6) is 0 Å². The number of rotatable bonds is 6. The molecule has 8 heteroatoms. The Labute approximate surface area is 131 Å². The minimum Gasteiger partial charge on any atom is -0.392 e. The van der Waals surface area contributed by atoms with E-state index < -0.39 is 29.7 Å². The molecule has 2 rings (SSSR count). The molecule has 0 saturated heterocycles. The number of aliphatic hydroxyl groups excluding tert-OH is 1. The third kappa shape index (κ3) is 4.32. The van der Waals surface area contributed by atoms with Crippen LogP contribution in [0.2, 0.25) is 0 Å². The molecule has 0 saturated carbocycles. The van der Waals surface area contributed by atoms with Crippen LogP contribution in [0.25, 0.3) is 0 Å². The fourth-order valence-electron chi connectivity index (χ4n) is 1.94. The molecule has 6 nitrogen and oxygen atoms in total. The lowest BCUT2D eigenvalue weighted by Crippen LogP contribution is -2.33. The number of hydrogen-bond acceptors (Lipinski definition) is 5. The third-order valence-corrected chi connectivity index (χ3v) is 3.38. The number of amides is 1. The predicted molar refractivity (Wildman–Crippen MR) is 76.1 cm³/mol. The number of aromatic nitrogens is 2. The molecule has 1 heterocycles. The summed E-state index contributed by atoms with van der Waals surface area (Å²) < 4.78 is 31.2. The maximum Gasteiger partial charge on any atom is 0.223 e. The van der Waals surface area contributed by atoms with Gasteiger partial charge in [0.25, 0.3) is 0 Å². The van der Waals surface area contributed by atoms with Crippen LogP contribution in [0.4, 0.5) is 8.78 Å². The second-order valence-corrected chi connectivity index (χ2v) is 5.48. The highest BCUT2D eigenvalue weighted by Gasteiger charge is 2.24. The number of benzene rings is 1. The van der Waals surface area contributed by atoms with Gasteiger partial charge in [-0.1, -0.05) is 25.1 Å². The summed E-state index contributed by atoms with van der Waals surface area (Å²) in [5.41, 5.74) is 0.262. The van der Waals surface area contributed by atoms with Gasteiger partial charge in [0, 0.05) is 0 Å². The number of halogens is 2. The fourth-order valence-corrected chi connectivity index (χ4v) is 1.94. The van der Waals surface area contributed by atoms with Gasteiger partial charge in [0.1, 0.15) is 6.04 Å². The lowest BCUT2D eigenvalue weighted by molar-refractivity contribution is -0.124. The smallest absolute Gasteiger partial charge is 0.223 e. The number of carbonyl (C=O) groups is 1. The van der Waals surface area contributed by atoms with E-state index in [1.807, 2.05) is 0 Å². The van der Waals surface area contributed by atoms with Crippen LogP contribution < -0.4 is 5.32 Å². The normalized spacial score (nSPS) is 13.8. The molecule has 2 atom stereocenters. The van der Waals surface area contributed by atoms with E-state index in [-0.39, 0.29) is 23.7 Å². The van der Waals surface area contributed by atoms with Crippen LogP contribution in [0.1, 0.15) is 37.7 Å². The number of aliphatic hydroxyl groups is 1.